The summed E-state index contributed by atoms with van der Waals surface area (Å²) in [7, 11) is -2.39. The number of thiophene rings is 1. The van der Waals surface area contributed by atoms with Crippen molar-refractivity contribution in [3.63, 3.8) is 0 Å². The molecule has 3 N–H and O–H groups in total. The summed E-state index contributed by atoms with van der Waals surface area (Å²) in [5.74, 6) is -0.240. The van der Waals surface area contributed by atoms with Crippen molar-refractivity contribution in [3.8, 4) is 0 Å². The number of esters is 1. The van der Waals surface area contributed by atoms with Gasteiger partial charge in [-0.15, -0.1) is 23.7 Å². The van der Waals surface area contributed by atoms with Crippen LogP contribution in [-0.2, 0) is 14.8 Å². The molecule has 0 spiro atoms. The Labute approximate surface area is 140 Å². The average Bonchev–Trinajstić information content (AvgIpc) is 3.14. The van der Waals surface area contributed by atoms with Gasteiger partial charge in [0.15, 0.2) is 0 Å². The number of ether oxygens (including phenoxy) is 1. The van der Waals surface area contributed by atoms with Crippen LogP contribution >= 0.6 is 23.7 Å². The van der Waals surface area contributed by atoms with Crippen molar-refractivity contribution in [1.82, 2.24) is 4.72 Å². The van der Waals surface area contributed by atoms with Crippen molar-refractivity contribution in [2.75, 3.05) is 13.7 Å². The predicted octanol–water partition coefficient (Wildman–Crippen LogP) is 1.75. The second kappa shape index (κ2) is 8.26. The number of halogens is 1. The maximum Gasteiger partial charge on any atom is 0.348 e. The molecule has 1 aliphatic carbocycles. The summed E-state index contributed by atoms with van der Waals surface area (Å²) in [6.45, 7) is 0.276. The molecule has 2 rings (SSSR count). The van der Waals surface area contributed by atoms with Gasteiger partial charge in [0.25, 0.3) is 0 Å². The molecular formula is C13H21ClN2O4S2. The minimum absolute atomic E-state index is 0. The summed E-state index contributed by atoms with van der Waals surface area (Å²) in [6, 6.07) is 1.08. The fourth-order valence-electron chi connectivity index (χ4n) is 2.63. The molecule has 0 saturated heterocycles. The van der Waals surface area contributed by atoms with E-state index < -0.39 is 16.0 Å². The molecular weight excluding hydrogens is 348 g/mol. The molecule has 0 aromatic carbocycles. The monoisotopic (exact) mass is 368 g/mol. The van der Waals surface area contributed by atoms with Crippen LogP contribution in [0.25, 0.3) is 0 Å². The highest BCUT2D eigenvalue weighted by Gasteiger charge is 2.29. The lowest BCUT2D eigenvalue weighted by atomic mass is 9.99. The number of rotatable bonds is 6. The van der Waals surface area contributed by atoms with Crippen molar-refractivity contribution in [3.05, 3.63) is 16.3 Å². The molecule has 1 aliphatic rings. The number of hydrogen-bond donors (Lipinski definition) is 2. The van der Waals surface area contributed by atoms with Gasteiger partial charge in [0.1, 0.15) is 4.88 Å². The molecule has 1 unspecified atom stereocenters. The Bertz CT molecular complexity index is 597. The number of methoxy groups -OCH3 is 1. The van der Waals surface area contributed by atoms with Crippen molar-refractivity contribution in [1.29, 1.82) is 0 Å². The zero-order valence-electron chi connectivity index (χ0n) is 12.3. The molecule has 0 bridgehead atoms. The smallest absolute Gasteiger partial charge is 0.348 e. The first-order valence-electron chi connectivity index (χ1n) is 6.87. The molecule has 1 atom stereocenters. The SMILES string of the molecule is COC(=O)c1cc(S(=O)(=O)NC(CN)C2CCCC2)cs1.Cl. The molecule has 0 amide bonds. The number of hydrogen-bond acceptors (Lipinski definition) is 6. The molecule has 6 nitrogen and oxygen atoms in total. The zero-order valence-corrected chi connectivity index (χ0v) is 14.7. The number of carbonyl (C=O) groups excluding carboxylic acids is 1. The Morgan fingerprint density at radius 1 is 1.50 bits per heavy atom. The van der Waals surface area contributed by atoms with E-state index in [-0.39, 0.29) is 34.8 Å². The molecule has 9 heteroatoms. The Balaban J connectivity index is 0.00000242. The van der Waals surface area contributed by atoms with E-state index in [1.54, 1.807) is 0 Å². The minimum Gasteiger partial charge on any atom is -0.465 e. The van der Waals surface area contributed by atoms with Crippen LogP contribution in [0.3, 0.4) is 0 Å². The molecule has 1 saturated carbocycles. The molecule has 1 aromatic rings. The number of nitrogens with two attached hydrogens (primary N) is 1. The molecule has 0 aliphatic heterocycles. The van der Waals surface area contributed by atoms with E-state index in [2.05, 4.69) is 9.46 Å². The van der Waals surface area contributed by atoms with Crippen LogP contribution < -0.4 is 10.5 Å². The van der Waals surface area contributed by atoms with Crippen LogP contribution in [0.1, 0.15) is 35.4 Å². The van der Waals surface area contributed by atoms with Gasteiger partial charge < -0.3 is 10.5 Å². The lowest BCUT2D eigenvalue weighted by Crippen LogP contribution is -2.44. The van der Waals surface area contributed by atoms with Crippen LogP contribution in [-0.4, -0.2) is 34.1 Å². The first-order valence-corrected chi connectivity index (χ1v) is 9.23. The highest BCUT2D eigenvalue weighted by atomic mass is 35.5. The third-order valence-electron chi connectivity index (χ3n) is 3.80. The lowest BCUT2D eigenvalue weighted by molar-refractivity contribution is 0.0606. The first kappa shape index (κ1) is 19.4. The average molecular weight is 369 g/mol. The molecule has 22 heavy (non-hydrogen) atoms. The van der Waals surface area contributed by atoms with Gasteiger partial charge in [-0.1, -0.05) is 12.8 Å². The summed E-state index contributed by atoms with van der Waals surface area (Å²) in [4.78, 5) is 11.7. The standard InChI is InChI=1S/C13H20N2O4S2.ClH/c1-19-13(16)12-6-10(8-20-12)21(17,18)15-11(7-14)9-4-2-3-5-9;/h6,8-9,11,15H,2-5,7,14H2,1H3;1H. The van der Waals surface area contributed by atoms with E-state index in [0.717, 1.165) is 37.0 Å². The highest BCUT2D eigenvalue weighted by molar-refractivity contribution is 7.89. The first-order chi connectivity index (χ1) is 9.97. The van der Waals surface area contributed by atoms with Gasteiger partial charge in [0.05, 0.1) is 12.0 Å². The molecule has 1 fully saturated rings. The zero-order chi connectivity index (χ0) is 15.5. The Kier molecular flexibility index (Phi) is 7.27. The Morgan fingerprint density at radius 3 is 2.68 bits per heavy atom. The maximum absolute atomic E-state index is 12.4. The van der Waals surface area contributed by atoms with Gasteiger partial charge in [-0.25, -0.2) is 17.9 Å². The number of carbonyl (C=O) groups is 1. The van der Waals surface area contributed by atoms with Gasteiger partial charge in [-0.3, -0.25) is 0 Å². The van der Waals surface area contributed by atoms with Gasteiger partial charge >= 0.3 is 5.97 Å². The minimum atomic E-state index is -3.66. The lowest BCUT2D eigenvalue weighted by Gasteiger charge is -2.22. The normalized spacial score (nSPS) is 17.0. The van der Waals surface area contributed by atoms with Gasteiger partial charge in [-0.05, 0) is 24.8 Å². The van der Waals surface area contributed by atoms with E-state index in [1.165, 1.54) is 18.6 Å². The van der Waals surface area contributed by atoms with Gasteiger partial charge in [-0.2, -0.15) is 0 Å². The summed E-state index contributed by atoms with van der Waals surface area (Å²) < 4.78 is 32.0. The second-order valence-corrected chi connectivity index (χ2v) is 7.77. The maximum atomic E-state index is 12.4. The van der Waals surface area contributed by atoms with Crippen molar-refractivity contribution in [2.24, 2.45) is 11.7 Å². The summed E-state index contributed by atoms with van der Waals surface area (Å²) >= 11 is 1.05. The summed E-state index contributed by atoms with van der Waals surface area (Å²) in [5.41, 5.74) is 5.71. The highest BCUT2D eigenvalue weighted by Crippen LogP contribution is 2.28. The van der Waals surface area contributed by atoms with Gasteiger partial charge in [0, 0.05) is 18.0 Å². The van der Waals surface area contributed by atoms with Crippen molar-refractivity contribution >= 4 is 39.7 Å². The fourth-order valence-corrected chi connectivity index (χ4v) is 5.14. The van der Waals surface area contributed by atoms with Gasteiger partial charge in [0.2, 0.25) is 10.0 Å². The van der Waals surface area contributed by atoms with E-state index in [4.69, 9.17) is 5.73 Å². The molecule has 1 aromatic heterocycles. The summed E-state index contributed by atoms with van der Waals surface area (Å²) in [6.07, 6.45) is 4.24. The molecule has 0 radical (unpaired) electrons. The third-order valence-corrected chi connectivity index (χ3v) is 6.33. The molecule has 1 heterocycles. The van der Waals surface area contributed by atoms with E-state index >= 15 is 0 Å². The van der Waals surface area contributed by atoms with E-state index in [1.807, 2.05) is 0 Å². The third kappa shape index (κ3) is 4.42. The van der Waals surface area contributed by atoms with Crippen LogP contribution in [0.5, 0.6) is 0 Å². The Morgan fingerprint density at radius 2 is 2.14 bits per heavy atom. The van der Waals surface area contributed by atoms with Crippen LogP contribution in [0.2, 0.25) is 0 Å². The largest absolute Gasteiger partial charge is 0.465 e. The second-order valence-electron chi connectivity index (χ2n) is 5.15. The Hall–Kier alpha value is -0.670. The topological polar surface area (TPSA) is 98.5 Å². The van der Waals surface area contributed by atoms with Crippen molar-refractivity contribution in [2.45, 2.75) is 36.6 Å². The van der Waals surface area contributed by atoms with Crippen LogP contribution in [0.15, 0.2) is 16.3 Å². The van der Waals surface area contributed by atoms with E-state index in [0.29, 0.717) is 5.92 Å². The fraction of sp³-hybridized carbons (Fsp3) is 0.615. The summed E-state index contributed by atoms with van der Waals surface area (Å²) in [5, 5.41) is 1.44. The van der Waals surface area contributed by atoms with E-state index in [9.17, 15) is 13.2 Å². The van der Waals surface area contributed by atoms with Crippen LogP contribution in [0.4, 0.5) is 0 Å². The van der Waals surface area contributed by atoms with Crippen molar-refractivity contribution < 1.29 is 17.9 Å². The quantitative estimate of drug-likeness (QED) is 0.745. The predicted molar refractivity (Wildman–Crippen MR) is 88.0 cm³/mol. The number of sulfonamides is 1. The number of nitrogens with one attached hydrogen (secondary N) is 1. The van der Waals surface area contributed by atoms with Crippen LogP contribution in [0, 0.1) is 5.92 Å². The molecule has 126 valence electrons.